The summed E-state index contributed by atoms with van der Waals surface area (Å²) in [5.74, 6) is 2.07. The van der Waals surface area contributed by atoms with Gasteiger partial charge in [-0.1, -0.05) is 101 Å². The van der Waals surface area contributed by atoms with Gasteiger partial charge in [-0.15, -0.1) is 11.6 Å². The lowest BCUT2D eigenvalue weighted by molar-refractivity contribution is 0.281. The fraction of sp³-hybridized carbons (Fsp3) is 0.378. The summed E-state index contributed by atoms with van der Waals surface area (Å²) in [6, 6.07) is 27.6. The summed E-state index contributed by atoms with van der Waals surface area (Å²) in [6.45, 7) is 12.1. The average Bonchev–Trinajstić information content (AvgIpc) is 3.37. The number of aryl methyl sites for hydroxylation is 1. The van der Waals surface area contributed by atoms with Gasteiger partial charge >= 0.3 is 0 Å². The zero-order valence-electron chi connectivity index (χ0n) is 28.4. The van der Waals surface area contributed by atoms with Crippen molar-refractivity contribution in [2.24, 2.45) is 0 Å². The minimum absolute atomic E-state index is 0.0912. The molecule has 47 heavy (non-hydrogen) atoms. The van der Waals surface area contributed by atoms with Crippen LogP contribution in [0.4, 0.5) is 11.8 Å². The maximum atomic E-state index is 7.25. The second kappa shape index (κ2) is 14.9. The molecule has 0 radical (unpaired) electrons. The van der Waals surface area contributed by atoms with Crippen LogP contribution in [0.5, 0.6) is 5.75 Å². The van der Waals surface area contributed by atoms with Gasteiger partial charge in [-0.25, -0.2) is 4.98 Å². The van der Waals surface area contributed by atoms with Crippen molar-refractivity contribution >= 4 is 53.1 Å². The van der Waals surface area contributed by atoms with Crippen molar-refractivity contribution in [3.63, 3.8) is 0 Å². The van der Waals surface area contributed by atoms with Crippen LogP contribution in [0.15, 0.2) is 78.9 Å². The number of aromatic nitrogens is 4. The lowest BCUT2D eigenvalue weighted by atomic mass is 10.1. The van der Waals surface area contributed by atoms with E-state index in [1.54, 1.807) is 7.11 Å². The zero-order chi connectivity index (χ0) is 33.6. The van der Waals surface area contributed by atoms with Crippen LogP contribution >= 0.6 is 11.6 Å². The molecule has 8 nitrogen and oxygen atoms in total. The van der Waals surface area contributed by atoms with Gasteiger partial charge in [0.1, 0.15) is 16.8 Å². The molecule has 0 aliphatic carbocycles. The summed E-state index contributed by atoms with van der Waals surface area (Å²) in [4.78, 5) is 9.31. The predicted octanol–water partition coefficient (Wildman–Crippen LogP) is 7.06. The van der Waals surface area contributed by atoms with Gasteiger partial charge < -0.3 is 20.2 Å². The maximum Gasteiger partial charge on any atom is 0.261 e. The third-order valence-corrected chi connectivity index (χ3v) is 14.1. The highest BCUT2D eigenvalue weighted by atomic mass is 35.5. The number of ether oxygens (including phenoxy) is 1. The van der Waals surface area contributed by atoms with E-state index in [-0.39, 0.29) is 17.0 Å². The van der Waals surface area contributed by atoms with Crippen molar-refractivity contribution in [1.82, 2.24) is 19.7 Å². The molecule has 10 heteroatoms. The van der Waals surface area contributed by atoms with E-state index >= 15 is 0 Å². The van der Waals surface area contributed by atoms with Crippen LogP contribution in [0, 0.1) is 6.92 Å². The summed E-state index contributed by atoms with van der Waals surface area (Å²) in [6.07, 6.45) is 2.73. The van der Waals surface area contributed by atoms with E-state index in [1.807, 2.05) is 23.7 Å². The smallest absolute Gasteiger partial charge is 0.261 e. The third-order valence-electron chi connectivity index (χ3n) is 8.77. The van der Waals surface area contributed by atoms with Crippen molar-refractivity contribution in [3.8, 4) is 5.75 Å². The number of nitrogens with two attached hydrogens (primary N) is 1. The van der Waals surface area contributed by atoms with Gasteiger partial charge in [0.2, 0.25) is 5.95 Å². The molecule has 2 heterocycles. The van der Waals surface area contributed by atoms with Crippen molar-refractivity contribution < 1.29 is 9.16 Å². The summed E-state index contributed by atoms with van der Waals surface area (Å²) in [5.41, 5.74) is 10.6. The van der Waals surface area contributed by atoms with Gasteiger partial charge in [0.25, 0.3) is 8.32 Å². The molecule has 0 spiro atoms. The van der Waals surface area contributed by atoms with Gasteiger partial charge in [0.15, 0.2) is 5.82 Å². The highest BCUT2D eigenvalue weighted by molar-refractivity contribution is 6.99. The molecule has 2 aromatic heterocycles. The number of benzene rings is 3. The van der Waals surface area contributed by atoms with E-state index in [0.29, 0.717) is 24.8 Å². The Morgan fingerprint density at radius 3 is 2.19 bits per heavy atom. The van der Waals surface area contributed by atoms with Crippen LogP contribution in [-0.2, 0) is 16.9 Å². The molecule has 0 aliphatic heterocycles. The third kappa shape index (κ3) is 7.32. The standard InChI is InChI=1S/C37H47ClN6O2Si/c1-7-14-29(21-22-46-47(37(3,4)5,30-15-10-8-11-16-30)31-17-12-9-13-18-31)40-35-34-33(41-36(39)42-35)26(2)43-44(34)25-28-23-27(24-38)19-20-32(28)45-6/h8-13,15-20,23,29H,7,14,21-22,24-25H2,1-6H3,(H3,39,40,41,42)/t29-/m0/s1. The van der Waals surface area contributed by atoms with Crippen molar-refractivity contribution in [3.05, 3.63) is 95.7 Å². The molecule has 3 N–H and O–H groups in total. The topological polar surface area (TPSA) is 100 Å². The van der Waals surface area contributed by atoms with Crippen LogP contribution in [-0.4, -0.2) is 47.8 Å². The number of hydrogen-bond donors (Lipinski definition) is 2. The highest BCUT2D eigenvalue weighted by Crippen LogP contribution is 2.37. The monoisotopic (exact) mass is 670 g/mol. The number of nitrogens with zero attached hydrogens (tertiary/aromatic N) is 4. The first-order valence-electron chi connectivity index (χ1n) is 16.3. The lowest BCUT2D eigenvalue weighted by Gasteiger charge is -2.43. The van der Waals surface area contributed by atoms with Crippen LogP contribution in [0.2, 0.25) is 5.04 Å². The Balaban J connectivity index is 1.47. The molecular weight excluding hydrogens is 624 g/mol. The molecule has 248 valence electrons. The van der Waals surface area contributed by atoms with Crippen LogP contribution < -0.4 is 26.2 Å². The molecule has 3 aromatic carbocycles. The molecule has 0 fully saturated rings. The van der Waals surface area contributed by atoms with Crippen LogP contribution in [0.1, 0.15) is 63.8 Å². The molecular formula is C37H47ClN6O2Si. The van der Waals surface area contributed by atoms with E-state index in [0.717, 1.165) is 52.9 Å². The summed E-state index contributed by atoms with van der Waals surface area (Å²) in [5, 5.41) is 11.1. The number of methoxy groups -OCH3 is 1. The van der Waals surface area contributed by atoms with E-state index < -0.39 is 8.32 Å². The predicted molar refractivity (Wildman–Crippen MR) is 197 cm³/mol. The normalized spacial score (nSPS) is 12.7. The van der Waals surface area contributed by atoms with E-state index in [4.69, 9.17) is 36.6 Å². The first-order chi connectivity index (χ1) is 22.6. The van der Waals surface area contributed by atoms with Gasteiger partial charge in [0, 0.05) is 24.1 Å². The number of nitrogens with one attached hydrogen (secondary N) is 1. The minimum atomic E-state index is -2.66. The molecule has 0 unspecified atom stereocenters. The lowest BCUT2D eigenvalue weighted by Crippen LogP contribution is -2.66. The number of halogens is 1. The SMILES string of the molecule is CCC[C@@H](CCO[Si](c1ccccc1)(c1ccccc1)C(C)(C)C)Nc1nc(N)nc2c(C)nn(Cc3cc(CCl)ccc3OC)c12. The first-order valence-corrected chi connectivity index (χ1v) is 18.8. The average molecular weight is 671 g/mol. The fourth-order valence-electron chi connectivity index (χ4n) is 6.61. The van der Waals surface area contributed by atoms with Gasteiger partial charge in [0.05, 0.1) is 19.3 Å². The number of fused-ring (bicyclic) bond motifs is 1. The quantitative estimate of drug-likeness (QED) is 0.0964. The molecule has 0 saturated carbocycles. The summed E-state index contributed by atoms with van der Waals surface area (Å²) < 4.78 is 14.9. The second-order valence-corrected chi connectivity index (χ2v) is 17.7. The second-order valence-electron chi connectivity index (χ2n) is 13.1. The van der Waals surface area contributed by atoms with Gasteiger partial charge in [-0.3, -0.25) is 4.68 Å². The molecule has 1 atom stereocenters. The van der Waals surface area contributed by atoms with Crippen LogP contribution in [0.3, 0.4) is 0 Å². The van der Waals surface area contributed by atoms with Crippen LogP contribution in [0.25, 0.3) is 11.0 Å². The Morgan fingerprint density at radius 1 is 0.957 bits per heavy atom. The van der Waals surface area contributed by atoms with E-state index in [1.165, 1.54) is 10.4 Å². The van der Waals surface area contributed by atoms with E-state index in [9.17, 15) is 0 Å². The Hall–Kier alpha value is -3.92. The zero-order valence-corrected chi connectivity index (χ0v) is 30.1. The van der Waals surface area contributed by atoms with Crippen molar-refractivity contribution in [2.45, 2.75) is 77.4 Å². The Labute approximate surface area is 284 Å². The molecule has 5 aromatic rings. The largest absolute Gasteiger partial charge is 0.496 e. The Kier molecular flexibility index (Phi) is 10.9. The molecule has 0 amide bonds. The number of nitrogen functional groups attached to an aromatic ring is 1. The molecule has 0 aliphatic rings. The van der Waals surface area contributed by atoms with Crippen molar-refractivity contribution in [1.29, 1.82) is 0 Å². The summed E-state index contributed by atoms with van der Waals surface area (Å²) in [7, 11) is -0.985. The fourth-order valence-corrected chi connectivity index (χ4v) is 11.4. The molecule has 5 rings (SSSR count). The first kappa shape index (κ1) is 34.4. The molecule has 0 saturated heterocycles. The van der Waals surface area contributed by atoms with Gasteiger partial charge in [-0.2, -0.15) is 10.1 Å². The Morgan fingerprint density at radius 2 is 1.62 bits per heavy atom. The number of hydrogen-bond acceptors (Lipinski definition) is 7. The maximum absolute atomic E-state index is 7.25. The summed E-state index contributed by atoms with van der Waals surface area (Å²) >= 11 is 6.18. The van der Waals surface area contributed by atoms with Gasteiger partial charge in [-0.05, 0) is 52.9 Å². The van der Waals surface area contributed by atoms with E-state index in [2.05, 4.69) is 105 Å². The van der Waals surface area contributed by atoms with Crippen molar-refractivity contribution in [2.75, 3.05) is 24.8 Å². The molecule has 0 bridgehead atoms. The minimum Gasteiger partial charge on any atom is -0.496 e. The highest BCUT2D eigenvalue weighted by Gasteiger charge is 2.50. The number of alkyl halides is 1. The number of rotatable bonds is 14. The Bertz CT molecular complexity index is 1740. The number of anilines is 2.